The number of morpholine rings is 1. The topological polar surface area (TPSA) is 61.2 Å². The molecule has 41 heavy (non-hydrogen) atoms. The molecule has 2 heterocycles. The lowest BCUT2D eigenvalue weighted by molar-refractivity contribution is 0.00585. The molecular formula is C33H40N4O4. The molecule has 0 aliphatic carbocycles. The van der Waals surface area contributed by atoms with Crippen molar-refractivity contribution in [1.29, 1.82) is 0 Å². The first-order valence-corrected chi connectivity index (χ1v) is 14.3. The highest BCUT2D eigenvalue weighted by Crippen LogP contribution is 2.24. The highest BCUT2D eigenvalue weighted by molar-refractivity contribution is 5.50. The molecule has 1 fully saturated rings. The summed E-state index contributed by atoms with van der Waals surface area (Å²) in [6.07, 6.45) is 5.59. The van der Waals surface area contributed by atoms with Gasteiger partial charge in [0, 0.05) is 56.5 Å². The second kappa shape index (κ2) is 15.3. The van der Waals surface area contributed by atoms with Crippen molar-refractivity contribution >= 4 is 5.69 Å². The Morgan fingerprint density at radius 1 is 0.829 bits per heavy atom. The summed E-state index contributed by atoms with van der Waals surface area (Å²) < 4.78 is 24.5. The Kier molecular flexibility index (Phi) is 10.8. The molecule has 8 heteroatoms. The van der Waals surface area contributed by atoms with Crippen LogP contribution in [0.3, 0.4) is 0 Å². The predicted octanol–water partition coefficient (Wildman–Crippen LogP) is 4.95. The van der Waals surface area contributed by atoms with Crippen molar-refractivity contribution in [1.82, 2.24) is 14.5 Å². The molecule has 1 saturated heterocycles. The Hall–Kier alpha value is -3.69. The maximum absolute atomic E-state index is 5.88. The molecule has 4 aromatic rings. The first-order chi connectivity index (χ1) is 20.3. The average Bonchev–Trinajstić information content (AvgIpc) is 3.57. The van der Waals surface area contributed by atoms with E-state index < -0.39 is 0 Å². The van der Waals surface area contributed by atoms with E-state index in [-0.39, 0.29) is 0 Å². The van der Waals surface area contributed by atoms with Crippen molar-refractivity contribution in [2.24, 2.45) is 0 Å². The first-order valence-electron chi connectivity index (χ1n) is 14.3. The molecule has 8 nitrogen and oxygen atoms in total. The highest BCUT2D eigenvalue weighted by Gasteiger charge is 2.12. The van der Waals surface area contributed by atoms with Gasteiger partial charge in [0.1, 0.15) is 5.75 Å². The van der Waals surface area contributed by atoms with E-state index >= 15 is 0 Å². The fourth-order valence-electron chi connectivity index (χ4n) is 4.91. The van der Waals surface area contributed by atoms with Crippen molar-refractivity contribution in [2.45, 2.75) is 19.7 Å². The molecule has 0 amide bonds. The fourth-order valence-corrected chi connectivity index (χ4v) is 4.91. The molecule has 3 aromatic carbocycles. The summed E-state index contributed by atoms with van der Waals surface area (Å²) in [5.74, 6) is 0.863. The van der Waals surface area contributed by atoms with Crippen LogP contribution in [0.2, 0.25) is 0 Å². The van der Waals surface area contributed by atoms with Gasteiger partial charge in [-0.2, -0.15) is 0 Å². The summed E-state index contributed by atoms with van der Waals surface area (Å²) in [5.41, 5.74) is 5.80. The monoisotopic (exact) mass is 556 g/mol. The molecule has 0 saturated carbocycles. The van der Waals surface area contributed by atoms with Gasteiger partial charge in [-0.05, 0) is 53.1 Å². The molecule has 0 radical (unpaired) electrons. The third-order valence-corrected chi connectivity index (χ3v) is 7.19. The molecule has 0 atom stereocenters. The molecular weight excluding hydrogens is 516 g/mol. The van der Waals surface area contributed by atoms with Crippen molar-refractivity contribution in [2.75, 3.05) is 64.7 Å². The number of hydrogen-bond donors (Lipinski definition) is 0. The van der Waals surface area contributed by atoms with Gasteiger partial charge in [-0.25, -0.2) is 4.98 Å². The summed E-state index contributed by atoms with van der Waals surface area (Å²) in [6, 6.07) is 25.5. The summed E-state index contributed by atoms with van der Waals surface area (Å²) in [5, 5.41) is 0. The lowest BCUT2D eigenvalue weighted by Gasteiger charge is -2.26. The van der Waals surface area contributed by atoms with Gasteiger partial charge >= 0.3 is 0 Å². The smallest absolute Gasteiger partial charge is 0.119 e. The van der Waals surface area contributed by atoms with Gasteiger partial charge in [-0.3, -0.25) is 4.90 Å². The van der Waals surface area contributed by atoms with E-state index in [4.69, 9.17) is 18.9 Å². The van der Waals surface area contributed by atoms with E-state index in [1.807, 2.05) is 29.2 Å². The van der Waals surface area contributed by atoms with Gasteiger partial charge in [0.15, 0.2) is 0 Å². The van der Waals surface area contributed by atoms with Crippen LogP contribution in [0.1, 0.15) is 16.7 Å². The van der Waals surface area contributed by atoms with E-state index in [1.165, 1.54) is 11.1 Å². The lowest BCUT2D eigenvalue weighted by atomic mass is 10.1. The number of nitrogens with zero attached hydrogens (tertiary/aromatic N) is 4. The van der Waals surface area contributed by atoms with Gasteiger partial charge < -0.3 is 28.4 Å². The minimum atomic E-state index is 0.565. The van der Waals surface area contributed by atoms with Crippen LogP contribution in [-0.2, 0) is 33.9 Å². The molecule has 1 aliphatic rings. The largest absolute Gasteiger partial charge is 0.497 e. The van der Waals surface area contributed by atoms with Crippen molar-refractivity contribution < 1.29 is 18.9 Å². The normalized spacial score (nSPS) is 13.8. The summed E-state index contributed by atoms with van der Waals surface area (Å²) >= 11 is 0. The Morgan fingerprint density at radius 3 is 2.34 bits per heavy atom. The third-order valence-electron chi connectivity index (χ3n) is 7.19. The van der Waals surface area contributed by atoms with Crippen LogP contribution in [0.4, 0.5) is 5.69 Å². The highest BCUT2D eigenvalue weighted by atomic mass is 16.5. The van der Waals surface area contributed by atoms with Crippen LogP contribution >= 0.6 is 0 Å². The van der Waals surface area contributed by atoms with E-state index in [1.54, 1.807) is 13.3 Å². The SMILES string of the molecule is COc1cccc(CN(Cc2cccc(-n3ccnc3)c2)c2ccc(COCCOCCN3CCOCC3)cc2)c1. The predicted molar refractivity (Wildman–Crippen MR) is 161 cm³/mol. The van der Waals surface area contributed by atoms with Gasteiger partial charge in [0.25, 0.3) is 0 Å². The summed E-state index contributed by atoms with van der Waals surface area (Å²) in [7, 11) is 1.71. The average molecular weight is 557 g/mol. The number of hydrogen-bond acceptors (Lipinski definition) is 7. The van der Waals surface area contributed by atoms with E-state index in [9.17, 15) is 0 Å². The molecule has 0 N–H and O–H groups in total. The molecule has 216 valence electrons. The minimum absolute atomic E-state index is 0.565. The Labute approximate surface area is 243 Å². The number of rotatable bonds is 15. The van der Waals surface area contributed by atoms with Crippen molar-refractivity contribution in [3.8, 4) is 11.4 Å². The van der Waals surface area contributed by atoms with Crippen LogP contribution < -0.4 is 9.64 Å². The molecule has 5 rings (SSSR count). The number of benzene rings is 3. The van der Waals surface area contributed by atoms with Gasteiger partial charge in [0.2, 0.25) is 0 Å². The van der Waals surface area contributed by atoms with E-state index in [2.05, 4.69) is 75.4 Å². The second-order valence-electron chi connectivity index (χ2n) is 10.1. The second-order valence-corrected chi connectivity index (χ2v) is 10.1. The first kappa shape index (κ1) is 28.8. The number of aromatic nitrogens is 2. The Balaban J connectivity index is 1.17. The van der Waals surface area contributed by atoms with E-state index in [0.717, 1.165) is 75.2 Å². The van der Waals surface area contributed by atoms with Crippen LogP contribution in [0, 0.1) is 0 Å². The zero-order valence-corrected chi connectivity index (χ0v) is 23.9. The zero-order valence-electron chi connectivity index (χ0n) is 23.9. The molecule has 0 unspecified atom stereocenters. The van der Waals surface area contributed by atoms with Crippen molar-refractivity contribution in [3.05, 3.63) is 108 Å². The number of imidazole rings is 1. The minimum Gasteiger partial charge on any atom is -0.497 e. The van der Waals surface area contributed by atoms with Crippen molar-refractivity contribution in [3.63, 3.8) is 0 Å². The molecule has 1 aliphatic heterocycles. The zero-order chi connectivity index (χ0) is 28.1. The summed E-state index contributed by atoms with van der Waals surface area (Å²) in [6.45, 7) is 8.57. The van der Waals surface area contributed by atoms with Gasteiger partial charge in [-0.15, -0.1) is 0 Å². The van der Waals surface area contributed by atoms with Crippen LogP contribution in [0.5, 0.6) is 5.75 Å². The van der Waals surface area contributed by atoms with Crippen LogP contribution in [0.15, 0.2) is 91.5 Å². The third kappa shape index (κ3) is 8.90. The maximum Gasteiger partial charge on any atom is 0.119 e. The van der Waals surface area contributed by atoms with E-state index in [0.29, 0.717) is 19.8 Å². The van der Waals surface area contributed by atoms with Gasteiger partial charge in [0.05, 0.1) is 53.1 Å². The quantitative estimate of drug-likeness (QED) is 0.192. The standard InChI is InChI=1S/C33H40N4O4/c1-38-33-7-3-5-30(23-33)25-37(24-29-4-2-6-32(22-29)36-13-12-34-27-36)31-10-8-28(9-11-31)26-41-21-20-40-19-16-35-14-17-39-18-15-35/h2-13,22-23,27H,14-21,24-26H2,1H3. The summed E-state index contributed by atoms with van der Waals surface area (Å²) in [4.78, 5) is 8.95. The van der Waals surface area contributed by atoms with Gasteiger partial charge in [-0.1, -0.05) is 36.4 Å². The number of ether oxygens (including phenoxy) is 4. The fraction of sp³-hybridized carbons (Fsp3) is 0.364. The number of anilines is 1. The maximum atomic E-state index is 5.88. The molecule has 0 bridgehead atoms. The Bertz CT molecular complexity index is 1310. The number of methoxy groups -OCH3 is 1. The Morgan fingerprint density at radius 2 is 1.59 bits per heavy atom. The molecule has 1 aromatic heterocycles. The van der Waals surface area contributed by atoms with Crippen LogP contribution in [-0.4, -0.2) is 74.2 Å². The lowest BCUT2D eigenvalue weighted by Crippen LogP contribution is -2.38. The van der Waals surface area contributed by atoms with Crippen LogP contribution in [0.25, 0.3) is 5.69 Å². The molecule has 0 spiro atoms.